The fraction of sp³-hybridized carbons (Fsp3) is 0.261. The summed E-state index contributed by atoms with van der Waals surface area (Å²) in [7, 11) is 0. The second-order valence-electron chi connectivity index (χ2n) is 7.46. The quantitative estimate of drug-likeness (QED) is 0.597. The molecule has 3 aromatic rings. The Kier molecular flexibility index (Phi) is 5.81. The molecule has 0 aliphatic carbocycles. The average molecular weight is 422 g/mol. The van der Waals surface area contributed by atoms with Crippen LogP contribution in [0.25, 0.3) is 11.3 Å². The van der Waals surface area contributed by atoms with Crippen molar-refractivity contribution in [2.75, 3.05) is 17.2 Å². The number of hydrogen-bond donors (Lipinski definition) is 2. The van der Waals surface area contributed by atoms with Crippen molar-refractivity contribution in [1.82, 2.24) is 4.98 Å². The Morgan fingerprint density at radius 2 is 2.00 bits per heavy atom. The second-order valence-corrected chi connectivity index (χ2v) is 8.49. The summed E-state index contributed by atoms with van der Waals surface area (Å²) in [5.41, 5.74) is 3.76. The Morgan fingerprint density at radius 3 is 2.77 bits per heavy atom. The zero-order valence-electron chi connectivity index (χ0n) is 16.9. The molecule has 0 unspecified atom stereocenters. The molecule has 2 heterocycles. The van der Waals surface area contributed by atoms with Gasteiger partial charge in [0.2, 0.25) is 5.91 Å². The molecule has 0 saturated heterocycles. The van der Waals surface area contributed by atoms with Crippen molar-refractivity contribution >= 4 is 34.0 Å². The van der Waals surface area contributed by atoms with Gasteiger partial charge in [0.1, 0.15) is 5.75 Å². The molecule has 0 fully saturated rings. The number of amides is 2. The average Bonchev–Trinajstić information content (AvgIpc) is 3.17. The highest BCUT2D eigenvalue weighted by molar-refractivity contribution is 7.16. The molecule has 0 atom stereocenters. The number of hydrogen-bond acceptors (Lipinski definition) is 5. The molecule has 6 nitrogen and oxygen atoms in total. The monoisotopic (exact) mass is 421 g/mol. The minimum absolute atomic E-state index is 0.0228. The normalized spacial score (nSPS) is 13.0. The van der Waals surface area contributed by atoms with Gasteiger partial charge in [-0.3, -0.25) is 14.9 Å². The summed E-state index contributed by atoms with van der Waals surface area (Å²) in [5.74, 6) is 0.668. The number of benzene rings is 2. The van der Waals surface area contributed by atoms with Crippen LogP contribution >= 0.6 is 11.3 Å². The minimum atomic E-state index is -0.260. The first-order chi connectivity index (χ1) is 14.5. The molecule has 2 amide bonds. The largest absolute Gasteiger partial charge is 0.484 e. The minimum Gasteiger partial charge on any atom is -0.484 e. The van der Waals surface area contributed by atoms with E-state index in [9.17, 15) is 9.59 Å². The van der Waals surface area contributed by atoms with Gasteiger partial charge in [0.05, 0.1) is 5.69 Å². The van der Waals surface area contributed by atoms with Crippen molar-refractivity contribution in [3.63, 3.8) is 0 Å². The molecule has 30 heavy (non-hydrogen) atoms. The molecule has 154 valence electrons. The Labute approximate surface area is 179 Å². The zero-order valence-corrected chi connectivity index (χ0v) is 17.7. The number of rotatable bonds is 6. The highest BCUT2D eigenvalue weighted by Crippen LogP contribution is 2.36. The molecule has 2 N–H and O–H groups in total. The molecular formula is C23H23N3O3S. The van der Waals surface area contributed by atoms with Gasteiger partial charge in [-0.15, -0.1) is 11.3 Å². The Bertz CT molecular complexity index is 1080. The van der Waals surface area contributed by atoms with E-state index >= 15 is 0 Å². The van der Waals surface area contributed by atoms with E-state index in [0.29, 0.717) is 29.6 Å². The summed E-state index contributed by atoms with van der Waals surface area (Å²) in [4.78, 5) is 29.7. The number of nitrogens with zero attached hydrogens (tertiary/aromatic N) is 1. The van der Waals surface area contributed by atoms with Crippen LogP contribution in [0.2, 0.25) is 0 Å². The van der Waals surface area contributed by atoms with Crippen LogP contribution in [0.3, 0.4) is 0 Å². The Balaban J connectivity index is 1.41. The van der Waals surface area contributed by atoms with Gasteiger partial charge in [0, 0.05) is 22.5 Å². The number of carbonyl (C=O) groups excluding carboxylic acids is 2. The van der Waals surface area contributed by atoms with Crippen molar-refractivity contribution < 1.29 is 14.3 Å². The SMILES string of the molecule is CC(C)c1sc(NC(=O)COc2ccc3c(c2)CCC(=O)N3)nc1-c1ccccc1. The van der Waals surface area contributed by atoms with E-state index in [4.69, 9.17) is 4.74 Å². The summed E-state index contributed by atoms with van der Waals surface area (Å²) in [6.07, 6.45) is 1.13. The number of aromatic nitrogens is 1. The van der Waals surface area contributed by atoms with Crippen molar-refractivity contribution in [3.8, 4) is 17.0 Å². The fourth-order valence-corrected chi connectivity index (χ4v) is 4.34. The lowest BCUT2D eigenvalue weighted by molar-refractivity contribution is -0.118. The molecule has 1 aliphatic heterocycles. The third-order valence-corrected chi connectivity index (χ3v) is 6.08. The first-order valence-corrected chi connectivity index (χ1v) is 10.7. The molecule has 0 radical (unpaired) electrons. The van der Waals surface area contributed by atoms with Gasteiger partial charge in [0.25, 0.3) is 5.91 Å². The van der Waals surface area contributed by atoms with Gasteiger partial charge >= 0.3 is 0 Å². The molecule has 0 saturated carbocycles. The number of anilines is 2. The number of nitrogens with one attached hydrogen (secondary N) is 2. The highest BCUT2D eigenvalue weighted by atomic mass is 32.1. The van der Waals surface area contributed by atoms with Crippen molar-refractivity contribution in [1.29, 1.82) is 0 Å². The van der Waals surface area contributed by atoms with Crippen LogP contribution in [0.4, 0.5) is 10.8 Å². The summed E-state index contributed by atoms with van der Waals surface area (Å²) in [6.45, 7) is 4.13. The van der Waals surface area contributed by atoms with E-state index in [2.05, 4.69) is 29.5 Å². The number of fused-ring (bicyclic) bond motifs is 1. The first-order valence-electron chi connectivity index (χ1n) is 9.91. The van der Waals surface area contributed by atoms with Crippen LogP contribution < -0.4 is 15.4 Å². The first kappa shape index (κ1) is 20.1. The fourth-order valence-electron chi connectivity index (χ4n) is 3.33. The Morgan fingerprint density at radius 1 is 1.20 bits per heavy atom. The number of thiazole rings is 1. The van der Waals surface area contributed by atoms with Crippen LogP contribution in [0.5, 0.6) is 5.75 Å². The molecule has 1 aliphatic rings. The van der Waals surface area contributed by atoms with Crippen LogP contribution in [-0.4, -0.2) is 23.4 Å². The summed E-state index contributed by atoms with van der Waals surface area (Å²) < 4.78 is 5.65. The zero-order chi connectivity index (χ0) is 21.1. The van der Waals surface area contributed by atoms with Crippen molar-refractivity contribution in [3.05, 3.63) is 59.0 Å². The van der Waals surface area contributed by atoms with Crippen LogP contribution in [0.1, 0.15) is 36.6 Å². The summed E-state index contributed by atoms with van der Waals surface area (Å²) in [5, 5.41) is 6.26. The lowest BCUT2D eigenvalue weighted by Crippen LogP contribution is -2.21. The van der Waals surface area contributed by atoms with Crippen LogP contribution in [0.15, 0.2) is 48.5 Å². The van der Waals surface area contributed by atoms with Gasteiger partial charge in [-0.25, -0.2) is 4.98 Å². The number of aryl methyl sites for hydroxylation is 1. The molecule has 0 bridgehead atoms. The van der Waals surface area contributed by atoms with Gasteiger partial charge in [-0.2, -0.15) is 0 Å². The summed E-state index contributed by atoms with van der Waals surface area (Å²) in [6, 6.07) is 15.4. The van der Waals surface area contributed by atoms with Gasteiger partial charge in [-0.05, 0) is 36.1 Å². The van der Waals surface area contributed by atoms with Gasteiger partial charge in [0.15, 0.2) is 11.7 Å². The summed E-state index contributed by atoms with van der Waals surface area (Å²) >= 11 is 1.49. The number of ether oxygens (including phenoxy) is 1. The maximum atomic E-state index is 12.4. The lowest BCUT2D eigenvalue weighted by Gasteiger charge is -2.17. The van der Waals surface area contributed by atoms with Gasteiger partial charge in [-0.1, -0.05) is 44.2 Å². The maximum Gasteiger partial charge on any atom is 0.264 e. The van der Waals surface area contributed by atoms with Crippen molar-refractivity contribution in [2.24, 2.45) is 0 Å². The standard InChI is InChI=1S/C23H23N3O3S/c1-14(2)22-21(15-6-4-3-5-7-15)26-23(30-22)25-20(28)13-29-17-9-10-18-16(12-17)8-11-19(27)24-18/h3-7,9-10,12,14H,8,11,13H2,1-2H3,(H,24,27)(H,25,26,28). The smallest absolute Gasteiger partial charge is 0.264 e. The van der Waals surface area contributed by atoms with E-state index in [1.54, 1.807) is 6.07 Å². The van der Waals surface area contributed by atoms with E-state index in [1.165, 1.54) is 11.3 Å². The predicted molar refractivity (Wildman–Crippen MR) is 119 cm³/mol. The molecule has 2 aromatic carbocycles. The highest BCUT2D eigenvalue weighted by Gasteiger charge is 2.18. The van der Waals surface area contributed by atoms with E-state index in [-0.39, 0.29) is 18.4 Å². The van der Waals surface area contributed by atoms with Crippen LogP contribution in [-0.2, 0) is 16.0 Å². The van der Waals surface area contributed by atoms with E-state index in [0.717, 1.165) is 27.4 Å². The third kappa shape index (κ3) is 4.52. The molecule has 4 rings (SSSR count). The second kappa shape index (κ2) is 8.67. The van der Waals surface area contributed by atoms with Gasteiger partial charge < -0.3 is 10.1 Å². The molecule has 1 aromatic heterocycles. The van der Waals surface area contributed by atoms with Crippen molar-refractivity contribution in [2.45, 2.75) is 32.6 Å². The number of carbonyl (C=O) groups is 2. The Hall–Kier alpha value is -3.19. The molecule has 7 heteroatoms. The third-order valence-electron chi connectivity index (χ3n) is 4.81. The predicted octanol–water partition coefficient (Wildman–Crippen LogP) is 4.84. The van der Waals surface area contributed by atoms with E-state index in [1.807, 2.05) is 42.5 Å². The molecular weight excluding hydrogens is 398 g/mol. The van der Waals surface area contributed by atoms with E-state index < -0.39 is 0 Å². The molecule has 0 spiro atoms. The lowest BCUT2D eigenvalue weighted by atomic mass is 10.0. The topological polar surface area (TPSA) is 80.3 Å². The maximum absolute atomic E-state index is 12.4. The van der Waals surface area contributed by atoms with Crippen LogP contribution in [0, 0.1) is 0 Å².